The van der Waals surface area contributed by atoms with Crippen molar-refractivity contribution in [2.75, 3.05) is 13.1 Å². The lowest BCUT2D eigenvalue weighted by Gasteiger charge is -2.24. The topological polar surface area (TPSA) is 60.9 Å². The number of nitrogens with zero attached hydrogens (tertiary/aromatic N) is 1. The van der Waals surface area contributed by atoms with Crippen LogP contribution in [0.25, 0.3) is 10.9 Å². The van der Waals surface area contributed by atoms with Crippen LogP contribution in [0.3, 0.4) is 0 Å². The fourth-order valence-electron chi connectivity index (χ4n) is 3.98. The summed E-state index contributed by atoms with van der Waals surface area (Å²) in [5.41, 5.74) is 6.27. The third-order valence-corrected chi connectivity index (χ3v) is 5.25. The molecule has 25 heavy (non-hydrogen) atoms. The smallest absolute Gasteiger partial charge is 0.0924 e. The van der Waals surface area contributed by atoms with Crippen molar-refractivity contribution in [3.05, 3.63) is 64.6 Å². The first-order valence-corrected chi connectivity index (χ1v) is 9.01. The maximum atomic E-state index is 11.1. The molecule has 0 amide bonds. The van der Waals surface area contributed by atoms with Crippen LogP contribution < -0.4 is 5.32 Å². The lowest BCUT2D eigenvalue weighted by molar-refractivity contribution is 0.0575. The zero-order chi connectivity index (χ0) is 17.4. The molecule has 1 aliphatic rings. The van der Waals surface area contributed by atoms with E-state index in [9.17, 15) is 5.11 Å². The van der Waals surface area contributed by atoms with Crippen molar-refractivity contribution in [3.63, 3.8) is 0 Å². The minimum absolute atomic E-state index is 0.564. The highest BCUT2D eigenvalue weighted by Gasteiger charge is 2.26. The van der Waals surface area contributed by atoms with Crippen molar-refractivity contribution in [3.8, 4) is 0 Å². The van der Waals surface area contributed by atoms with Gasteiger partial charge >= 0.3 is 0 Å². The van der Waals surface area contributed by atoms with Crippen LogP contribution in [0.5, 0.6) is 0 Å². The summed E-state index contributed by atoms with van der Waals surface area (Å²) in [5, 5.41) is 15.9. The number of aromatic amines is 1. The molecular weight excluding hydrogens is 310 g/mol. The maximum absolute atomic E-state index is 11.1. The average Bonchev–Trinajstić information content (AvgIpc) is 2.78. The molecule has 1 aromatic carbocycles. The number of benzene rings is 1. The Morgan fingerprint density at radius 3 is 2.88 bits per heavy atom. The number of H-pyrrole nitrogens is 1. The zero-order valence-corrected chi connectivity index (χ0v) is 14.9. The van der Waals surface area contributed by atoms with Crippen LogP contribution in [0.15, 0.2) is 36.7 Å². The fourth-order valence-corrected chi connectivity index (χ4v) is 3.98. The number of aliphatic hydroxyl groups is 1. The Hall–Kier alpha value is -2.17. The van der Waals surface area contributed by atoms with E-state index < -0.39 is 5.60 Å². The van der Waals surface area contributed by atoms with Crippen molar-refractivity contribution in [1.82, 2.24) is 15.3 Å². The molecule has 0 fully saturated rings. The van der Waals surface area contributed by atoms with Crippen molar-refractivity contribution in [1.29, 1.82) is 0 Å². The summed E-state index contributed by atoms with van der Waals surface area (Å²) in [4.78, 5) is 7.82. The first-order valence-electron chi connectivity index (χ1n) is 9.01. The van der Waals surface area contributed by atoms with Gasteiger partial charge in [0.05, 0.1) is 5.60 Å². The minimum Gasteiger partial charge on any atom is -0.385 e. The van der Waals surface area contributed by atoms with Gasteiger partial charge in [0.25, 0.3) is 0 Å². The first-order chi connectivity index (χ1) is 12.0. The number of hydrogen-bond acceptors (Lipinski definition) is 3. The van der Waals surface area contributed by atoms with Gasteiger partial charge in [0, 0.05) is 53.9 Å². The molecule has 1 aliphatic heterocycles. The largest absolute Gasteiger partial charge is 0.385 e. The molecule has 3 N–H and O–H groups in total. The van der Waals surface area contributed by atoms with Crippen LogP contribution in [0.4, 0.5) is 0 Å². The third-order valence-electron chi connectivity index (χ3n) is 5.25. The monoisotopic (exact) mass is 335 g/mol. The minimum atomic E-state index is -0.945. The van der Waals surface area contributed by atoms with Crippen LogP contribution in [0, 0.1) is 6.92 Å². The van der Waals surface area contributed by atoms with E-state index in [0.29, 0.717) is 6.42 Å². The number of fused-ring (bicyclic) bond motifs is 3. The van der Waals surface area contributed by atoms with Crippen LogP contribution in [0.1, 0.15) is 34.9 Å². The molecule has 1 unspecified atom stereocenters. The third kappa shape index (κ3) is 3.08. The van der Waals surface area contributed by atoms with Crippen molar-refractivity contribution >= 4 is 10.9 Å². The van der Waals surface area contributed by atoms with Gasteiger partial charge in [-0.2, -0.15) is 0 Å². The lowest BCUT2D eigenvalue weighted by atomic mass is 9.88. The lowest BCUT2D eigenvalue weighted by Crippen LogP contribution is -2.24. The number of rotatable bonds is 3. The molecule has 2 aromatic heterocycles. The number of hydrogen-bond donors (Lipinski definition) is 3. The molecule has 0 spiro atoms. The van der Waals surface area contributed by atoms with E-state index >= 15 is 0 Å². The summed E-state index contributed by atoms with van der Waals surface area (Å²) in [7, 11) is 0. The van der Waals surface area contributed by atoms with Crippen LogP contribution in [-0.4, -0.2) is 28.2 Å². The predicted octanol–water partition coefficient (Wildman–Crippen LogP) is 3.01. The molecular formula is C21H25N3O. The Morgan fingerprint density at radius 2 is 2.08 bits per heavy atom. The molecule has 4 nitrogen and oxygen atoms in total. The predicted molar refractivity (Wildman–Crippen MR) is 101 cm³/mol. The molecule has 4 heteroatoms. The van der Waals surface area contributed by atoms with Crippen molar-refractivity contribution in [2.24, 2.45) is 0 Å². The number of nitrogens with one attached hydrogen (secondary N) is 2. The summed E-state index contributed by atoms with van der Waals surface area (Å²) in [6.07, 6.45) is 6.14. The Labute approximate surface area is 148 Å². The summed E-state index contributed by atoms with van der Waals surface area (Å²) >= 11 is 0. The van der Waals surface area contributed by atoms with Crippen LogP contribution >= 0.6 is 0 Å². The molecule has 1 atom stereocenters. The van der Waals surface area contributed by atoms with E-state index in [1.54, 1.807) is 12.4 Å². The van der Waals surface area contributed by atoms with Gasteiger partial charge in [0.2, 0.25) is 0 Å². The molecule has 3 heterocycles. The SMILES string of the molecule is Cc1cc(CC(C)(O)c2cccnc2)c2[nH]c3c(c2c1)CCNCC3. The highest BCUT2D eigenvalue weighted by molar-refractivity contribution is 5.88. The Morgan fingerprint density at radius 1 is 1.24 bits per heavy atom. The molecule has 0 bridgehead atoms. The highest BCUT2D eigenvalue weighted by atomic mass is 16.3. The number of aryl methyl sites for hydroxylation is 1. The van der Waals surface area contributed by atoms with Crippen molar-refractivity contribution < 1.29 is 5.11 Å². The molecule has 0 saturated carbocycles. The first kappa shape index (κ1) is 16.3. The molecule has 0 radical (unpaired) electrons. The molecule has 130 valence electrons. The van der Waals surface area contributed by atoms with E-state index in [2.05, 4.69) is 34.3 Å². The summed E-state index contributed by atoms with van der Waals surface area (Å²) in [6.45, 7) is 6.05. The van der Waals surface area contributed by atoms with Gasteiger partial charge < -0.3 is 15.4 Å². The van der Waals surface area contributed by atoms with E-state index in [-0.39, 0.29) is 0 Å². The summed E-state index contributed by atoms with van der Waals surface area (Å²) < 4.78 is 0. The highest BCUT2D eigenvalue weighted by Crippen LogP contribution is 2.32. The normalized spacial score (nSPS) is 17.1. The molecule has 3 aromatic rings. The van der Waals surface area contributed by atoms with E-state index in [1.807, 2.05) is 19.1 Å². The summed E-state index contributed by atoms with van der Waals surface area (Å²) in [6, 6.07) is 8.29. The van der Waals surface area contributed by atoms with Gasteiger partial charge in [0.1, 0.15) is 0 Å². The maximum Gasteiger partial charge on any atom is 0.0924 e. The van der Waals surface area contributed by atoms with Crippen molar-refractivity contribution in [2.45, 2.75) is 38.7 Å². The van der Waals surface area contributed by atoms with E-state index in [4.69, 9.17) is 0 Å². The van der Waals surface area contributed by atoms with E-state index in [0.717, 1.165) is 31.5 Å². The molecule has 0 aliphatic carbocycles. The number of pyridine rings is 1. The van der Waals surface area contributed by atoms with Gasteiger partial charge in [-0.15, -0.1) is 0 Å². The van der Waals surface area contributed by atoms with Gasteiger partial charge in [-0.1, -0.05) is 17.7 Å². The second kappa shape index (κ2) is 6.28. The Balaban J connectivity index is 1.80. The second-order valence-electron chi connectivity index (χ2n) is 7.37. The van der Waals surface area contributed by atoms with E-state index in [1.165, 1.54) is 33.3 Å². The van der Waals surface area contributed by atoms with Gasteiger partial charge in [-0.3, -0.25) is 4.98 Å². The van der Waals surface area contributed by atoms with Gasteiger partial charge in [0.15, 0.2) is 0 Å². The molecule has 0 saturated heterocycles. The Kier molecular flexibility index (Phi) is 4.10. The average molecular weight is 335 g/mol. The second-order valence-corrected chi connectivity index (χ2v) is 7.37. The summed E-state index contributed by atoms with van der Waals surface area (Å²) in [5.74, 6) is 0. The quantitative estimate of drug-likeness (QED) is 0.689. The van der Waals surface area contributed by atoms with Crippen LogP contribution in [0.2, 0.25) is 0 Å². The zero-order valence-electron chi connectivity index (χ0n) is 14.9. The number of aromatic nitrogens is 2. The standard InChI is InChI=1S/C21H25N3O/c1-14-10-15(12-21(2,25)16-4-3-7-23-13-16)20-18(11-14)17-5-8-22-9-6-19(17)24-20/h3-4,7,10-11,13,22,24-25H,5-6,8-9,12H2,1-2H3. The van der Waals surface area contributed by atoms with Gasteiger partial charge in [-0.25, -0.2) is 0 Å². The van der Waals surface area contributed by atoms with Crippen LogP contribution in [-0.2, 0) is 24.9 Å². The Bertz CT molecular complexity index is 896. The molecule has 4 rings (SSSR count). The fraction of sp³-hybridized carbons (Fsp3) is 0.381. The van der Waals surface area contributed by atoms with Gasteiger partial charge in [-0.05, 0) is 50.1 Å².